The van der Waals surface area contributed by atoms with Crippen molar-refractivity contribution in [1.82, 2.24) is 0 Å². The van der Waals surface area contributed by atoms with Gasteiger partial charge in [-0.25, -0.2) is 4.79 Å². The fraction of sp³-hybridized carbons (Fsp3) is 0.188. The van der Waals surface area contributed by atoms with Gasteiger partial charge in [-0.2, -0.15) is 0 Å². The zero-order chi connectivity index (χ0) is 15.4. The van der Waals surface area contributed by atoms with E-state index >= 15 is 0 Å². The molecule has 0 aliphatic carbocycles. The van der Waals surface area contributed by atoms with Crippen LogP contribution in [0, 0.1) is 13.8 Å². The molecule has 1 amide bonds. The minimum atomic E-state index is -1.05. The van der Waals surface area contributed by atoms with Gasteiger partial charge in [0.2, 0.25) is 0 Å². The van der Waals surface area contributed by atoms with Gasteiger partial charge in [0.25, 0.3) is 0 Å². The van der Waals surface area contributed by atoms with E-state index in [9.17, 15) is 4.79 Å². The molecule has 0 atom stereocenters. The van der Waals surface area contributed by atoms with Crippen LogP contribution >= 0.6 is 11.6 Å². The van der Waals surface area contributed by atoms with Crippen molar-refractivity contribution in [3.05, 3.63) is 58.1 Å². The van der Waals surface area contributed by atoms with Crippen LogP contribution in [-0.4, -0.2) is 11.2 Å². The van der Waals surface area contributed by atoms with Crippen LogP contribution in [0.2, 0.25) is 5.02 Å². The number of halogens is 1. The molecule has 0 spiro atoms. The highest BCUT2D eigenvalue weighted by atomic mass is 35.5. The van der Waals surface area contributed by atoms with Crippen LogP contribution in [-0.2, 0) is 6.54 Å². The number of aryl methyl sites for hydroxylation is 2. The quantitative estimate of drug-likeness (QED) is 0.770. The van der Waals surface area contributed by atoms with Crippen LogP contribution in [0.1, 0.15) is 16.7 Å². The van der Waals surface area contributed by atoms with E-state index in [0.717, 1.165) is 22.4 Å². The summed E-state index contributed by atoms with van der Waals surface area (Å²) in [6.07, 6.45) is -1.05. The molecule has 4 nitrogen and oxygen atoms in total. The smallest absolute Gasteiger partial charge is 0.409 e. The number of amides is 1. The number of nitrogens with one attached hydrogen (secondary N) is 2. The summed E-state index contributed by atoms with van der Waals surface area (Å²) in [5.74, 6) is 0. The number of carbonyl (C=O) groups is 1. The van der Waals surface area contributed by atoms with Gasteiger partial charge >= 0.3 is 6.09 Å². The molecule has 3 N–H and O–H groups in total. The van der Waals surface area contributed by atoms with Crippen LogP contribution in [0.4, 0.5) is 16.2 Å². The monoisotopic (exact) mass is 304 g/mol. The molecule has 21 heavy (non-hydrogen) atoms. The summed E-state index contributed by atoms with van der Waals surface area (Å²) >= 11 is 5.85. The van der Waals surface area contributed by atoms with Gasteiger partial charge in [0.05, 0.1) is 0 Å². The molecule has 2 aromatic carbocycles. The molecule has 0 aliphatic heterocycles. The summed E-state index contributed by atoms with van der Waals surface area (Å²) in [6, 6.07) is 11.5. The van der Waals surface area contributed by atoms with E-state index in [-0.39, 0.29) is 0 Å². The van der Waals surface area contributed by atoms with Gasteiger partial charge in [-0.1, -0.05) is 23.7 Å². The molecule has 2 aromatic rings. The molecule has 0 unspecified atom stereocenters. The first-order chi connectivity index (χ1) is 9.95. The Hall–Kier alpha value is -2.20. The highest BCUT2D eigenvalue weighted by molar-refractivity contribution is 6.30. The lowest BCUT2D eigenvalue weighted by molar-refractivity contribution is 0.209. The Morgan fingerprint density at radius 3 is 2.24 bits per heavy atom. The molecule has 5 heteroatoms. The van der Waals surface area contributed by atoms with E-state index in [4.69, 9.17) is 16.7 Å². The van der Waals surface area contributed by atoms with Crippen molar-refractivity contribution in [2.75, 3.05) is 10.6 Å². The second kappa shape index (κ2) is 6.50. The van der Waals surface area contributed by atoms with Gasteiger partial charge in [-0.15, -0.1) is 0 Å². The van der Waals surface area contributed by atoms with Crippen LogP contribution in [0.5, 0.6) is 0 Å². The van der Waals surface area contributed by atoms with Crippen LogP contribution in [0.15, 0.2) is 36.4 Å². The maximum Gasteiger partial charge on any atom is 0.409 e. The first-order valence-electron chi connectivity index (χ1n) is 6.55. The Morgan fingerprint density at radius 1 is 1.14 bits per heavy atom. The van der Waals surface area contributed by atoms with E-state index in [1.165, 1.54) is 0 Å². The largest absolute Gasteiger partial charge is 0.465 e. The summed E-state index contributed by atoms with van der Waals surface area (Å²) in [4.78, 5) is 10.8. The fourth-order valence-electron chi connectivity index (χ4n) is 2.23. The normalized spacial score (nSPS) is 10.2. The van der Waals surface area contributed by atoms with E-state index in [2.05, 4.69) is 10.6 Å². The maximum atomic E-state index is 10.8. The Balaban J connectivity index is 2.10. The van der Waals surface area contributed by atoms with E-state index in [1.807, 2.05) is 50.2 Å². The van der Waals surface area contributed by atoms with Crippen LogP contribution in [0.3, 0.4) is 0 Å². The van der Waals surface area contributed by atoms with E-state index in [1.54, 1.807) is 0 Å². The highest BCUT2D eigenvalue weighted by Crippen LogP contribution is 2.23. The Labute approximate surface area is 128 Å². The number of benzene rings is 2. The summed E-state index contributed by atoms with van der Waals surface area (Å²) < 4.78 is 0. The Bertz CT molecular complexity index is 631. The van der Waals surface area contributed by atoms with E-state index in [0.29, 0.717) is 17.3 Å². The maximum absolute atomic E-state index is 10.8. The SMILES string of the molecule is Cc1cc(CNc2ccc(Cl)cc2)cc(C)c1NC(=O)O. The molecule has 110 valence electrons. The summed E-state index contributed by atoms with van der Waals surface area (Å²) in [5.41, 5.74) is 4.55. The molecule has 0 fully saturated rings. The summed E-state index contributed by atoms with van der Waals surface area (Å²) in [7, 11) is 0. The van der Waals surface area contributed by atoms with Crippen LogP contribution < -0.4 is 10.6 Å². The zero-order valence-corrected chi connectivity index (χ0v) is 12.7. The average Bonchev–Trinajstić information content (AvgIpc) is 2.42. The van der Waals surface area contributed by atoms with Gasteiger partial charge in [0.1, 0.15) is 0 Å². The zero-order valence-electron chi connectivity index (χ0n) is 11.9. The first-order valence-corrected chi connectivity index (χ1v) is 6.93. The van der Waals surface area contributed by atoms with Crippen molar-refractivity contribution in [3.63, 3.8) is 0 Å². The van der Waals surface area contributed by atoms with Crippen molar-refractivity contribution < 1.29 is 9.90 Å². The molecule has 2 rings (SSSR count). The number of rotatable bonds is 4. The van der Waals surface area contributed by atoms with Gasteiger partial charge in [-0.3, -0.25) is 5.32 Å². The van der Waals surface area contributed by atoms with Crippen molar-refractivity contribution in [2.45, 2.75) is 20.4 Å². The number of anilines is 2. The van der Waals surface area contributed by atoms with Gasteiger partial charge < -0.3 is 10.4 Å². The Kier molecular flexibility index (Phi) is 4.70. The molecule has 0 aliphatic rings. The molecule has 0 radical (unpaired) electrons. The van der Waals surface area contributed by atoms with Crippen molar-refractivity contribution >= 4 is 29.1 Å². The second-order valence-corrected chi connectivity index (χ2v) is 5.33. The van der Waals surface area contributed by atoms with Gasteiger partial charge in [0, 0.05) is 22.9 Å². The first kappa shape index (κ1) is 15.2. The van der Waals surface area contributed by atoms with E-state index < -0.39 is 6.09 Å². The standard InChI is InChI=1S/C16H17ClN2O2/c1-10-7-12(8-11(2)15(10)19-16(20)21)9-18-14-5-3-13(17)4-6-14/h3-8,18-19H,9H2,1-2H3,(H,20,21). The van der Waals surface area contributed by atoms with Crippen molar-refractivity contribution in [2.24, 2.45) is 0 Å². The lowest BCUT2D eigenvalue weighted by Gasteiger charge is -2.13. The molecule has 0 saturated heterocycles. The topological polar surface area (TPSA) is 61.4 Å². The minimum absolute atomic E-state index is 0.651. The third-order valence-corrected chi connectivity index (χ3v) is 3.42. The molecular weight excluding hydrogens is 288 g/mol. The number of hydrogen-bond donors (Lipinski definition) is 3. The van der Waals surface area contributed by atoms with Crippen LogP contribution in [0.25, 0.3) is 0 Å². The van der Waals surface area contributed by atoms with Crippen molar-refractivity contribution in [3.8, 4) is 0 Å². The minimum Gasteiger partial charge on any atom is -0.465 e. The molecule has 0 heterocycles. The third kappa shape index (κ3) is 4.13. The lowest BCUT2D eigenvalue weighted by atomic mass is 10.0. The third-order valence-electron chi connectivity index (χ3n) is 3.17. The second-order valence-electron chi connectivity index (χ2n) is 4.90. The number of hydrogen-bond acceptors (Lipinski definition) is 2. The molecule has 0 saturated carbocycles. The summed E-state index contributed by atoms with van der Waals surface area (Å²) in [6.45, 7) is 4.45. The average molecular weight is 305 g/mol. The van der Waals surface area contributed by atoms with Crippen molar-refractivity contribution in [1.29, 1.82) is 0 Å². The van der Waals surface area contributed by atoms with Gasteiger partial charge in [-0.05, 0) is 54.8 Å². The highest BCUT2D eigenvalue weighted by Gasteiger charge is 2.07. The van der Waals surface area contributed by atoms with Gasteiger partial charge in [0.15, 0.2) is 0 Å². The lowest BCUT2D eigenvalue weighted by Crippen LogP contribution is -2.10. The Morgan fingerprint density at radius 2 is 1.71 bits per heavy atom. The molecule has 0 bridgehead atoms. The number of carboxylic acid groups (broad SMARTS) is 1. The fourth-order valence-corrected chi connectivity index (χ4v) is 2.36. The molecule has 0 aromatic heterocycles. The molecular formula is C16H17ClN2O2. The summed E-state index contributed by atoms with van der Waals surface area (Å²) in [5, 5.41) is 15.3. The predicted molar refractivity (Wildman–Crippen MR) is 86.3 cm³/mol. The predicted octanol–water partition coefficient (Wildman–Crippen LogP) is 4.66.